The highest BCUT2D eigenvalue weighted by molar-refractivity contribution is 6.01. The molecule has 0 unspecified atom stereocenters. The Hall–Kier alpha value is -2.82. The van der Waals surface area contributed by atoms with Gasteiger partial charge in [-0.15, -0.1) is 0 Å². The predicted molar refractivity (Wildman–Crippen MR) is 111 cm³/mol. The van der Waals surface area contributed by atoms with E-state index in [1.165, 1.54) is 52.7 Å². The number of unbranched alkanes of at least 4 members (excludes halogenated alkanes) is 3. The van der Waals surface area contributed by atoms with Gasteiger partial charge in [-0.25, -0.2) is 4.79 Å². The van der Waals surface area contributed by atoms with Crippen LogP contribution in [0.4, 0.5) is 16.2 Å². The number of nitrogens with zero attached hydrogens (tertiary/aromatic N) is 3. The smallest absolute Gasteiger partial charge is 0.323 e. The van der Waals surface area contributed by atoms with Crippen LogP contribution in [0, 0.1) is 6.92 Å². The van der Waals surface area contributed by atoms with Crippen molar-refractivity contribution in [1.29, 1.82) is 0 Å². The predicted octanol–water partition coefficient (Wildman–Crippen LogP) is 5.22. The quantitative estimate of drug-likeness (QED) is 0.584. The van der Waals surface area contributed by atoms with Crippen LogP contribution in [-0.2, 0) is 13.5 Å². The summed E-state index contributed by atoms with van der Waals surface area (Å²) >= 11 is 0. The topological polar surface area (TPSA) is 64.2 Å². The summed E-state index contributed by atoms with van der Waals surface area (Å²) in [6, 6.07) is 9.22. The van der Waals surface area contributed by atoms with Crippen LogP contribution in [0.2, 0.25) is 0 Å². The molecule has 0 aliphatic rings. The average Bonchev–Trinajstić information content (AvgIpc) is 2.90. The number of benzene rings is 1. The van der Waals surface area contributed by atoms with E-state index >= 15 is 0 Å². The van der Waals surface area contributed by atoms with Gasteiger partial charge in [-0.05, 0) is 55.7 Å². The lowest BCUT2D eigenvalue weighted by Gasteiger charge is -2.20. The zero-order valence-corrected chi connectivity index (χ0v) is 16.4. The van der Waals surface area contributed by atoms with Crippen molar-refractivity contribution >= 4 is 28.3 Å². The molecule has 2 heterocycles. The zero-order chi connectivity index (χ0) is 19.4. The molecule has 0 fully saturated rings. The second-order valence-electron chi connectivity index (χ2n) is 7.02. The number of anilines is 2. The molecule has 0 bridgehead atoms. The van der Waals surface area contributed by atoms with E-state index in [2.05, 4.69) is 42.6 Å². The van der Waals surface area contributed by atoms with Crippen molar-refractivity contribution in [1.82, 2.24) is 9.55 Å². The third-order valence-electron chi connectivity index (χ3n) is 5.27. The number of fused-ring (bicyclic) bond motifs is 1. The number of amides is 2. The summed E-state index contributed by atoms with van der Waals surface area (Å²) in [7, 11) is 2.10. The maximum Gasteiger partial charge on any atom is 0.323 e. The Kier molecular flexibility index (Phi) is 5.79. The summed E-state index contributed by atoms with van der Waals surface area (Å²) in [6.07, 6.45) is 9.31. The standard InChI is InChI=1S/C22H28N4O/c1-4-5-6-7-10-19-16(2)25(3)21-12-11-17(14-20(19)21)26(22(23)27)18-9-8-13-24-15-18/h8-9,11-15H,4-7,10H2,1-3H3,(H2,23,27). The molecule has 2 N–H and O–H groups in total. The molecule has 0 atom stereocenters. The number of hydrogen-bond acceptors (Lipinski definition) is 2. The first kappa shape index (κ1) is 19.0. The minimum Gasteiger partial charge on any atom is -0.351 e. The molecular formula is C22H28N4O. The fraction of sp³-hybridized carbons (Fsp3) is 0.364. The SMILES string of the molecule is CCCCCCc1c(C)n(C)c2ccc(N(C(N)=O)c3cccnc3)cc12. The fourth-order valence-corrected chi connectivity index (χ4v) is 3.71. The first-order chi connectivity index (χ1) is 13.0. The average molecular weight is 364 g/mol. The molecule has 3 rings (SSSR count). The van der Waals surface area contributed by atoms with Gasteiger partial charge in [0.05, 0.1) is 17.6 Å². The van der Waals surface area contributed by atoms with Crippen LogP contribution < -0.4 is 10.6 Å². The number of nitrogens with two attached hydrogens (primary N) is 1. The summed E-state index contributed by atoms with van der Waals surface area (Å²) in [5.74, 6) is 0. The van der Waals surface area contributed by atoms with Gasteiger partial charge in [0.25, 0.3) is 0 Å². The molecular weight excluding hydrogens is 336 g/mol. The van der Waals surface area contributed by atoms with Crippen LogP contribution in [-0.4, -0.2) is 15.6 Å². The minimum absolute atomic E-state index is 0.514. The molecule has 2 aromatic heterocycles. The maximum atomic E-state index is 12.2. The third-order valence-corrected chi connectivity index (χ3v) is 5.27. The van der Waals surface area contributed by atoms with Crippen LogP contribution in [0.25, 0.3) is 10.9 Å². The normalized spacial score (nSPS) is 11.1. The molecule has 0 saturated heterocycles. The molecule has 142 valence electrons. The van der Waals surface area contributed by atoms with Crippen molar-refractivity contribution < 1.29 is 4.79 Å². The molecule has 0 aliphatic carbocycles. The van der Waals surface area contributed by atoms with E-state index in [9.17, 15) is 4.79 Å². The number of pyridine rings is 1. The van der Waals surface area contributed by atoms with Gasteiger partial charge < -0.3 is 10.3 Å². The first-order valence-electron chi connectivity index (χ1n) is 9.62. The lowest BCUT2D eigenvalue weighted by molar-refractivity contribution is 0.256. The number of urea groups is 1. The Morgan fingerprint density at radius 1 is 1.19 bits per heavy atom. The molecule has 3 aromatic rings. The highest BCUT2D eigenvalue weighted by atomic mass is 16.2. The van der Waals surface area contributed by atoms with E-state index in [1.807, 2.05) is 12.1 Å². The Bertz CT molecular complexity index is 930. The largest absolute Gasteiger partial charge is 0.351 e. The molecule has 0 radical (unpaired) electrons. The molecule has 2 amide bonds. The van der Waals surface area contributed by atoms with Crippen LogP contribution >= 0.6 is 0 Å². The van der Waals surface area contributed by atoms with E-state index in [-0.39, 0.29) is 0 Å². The Labute approximate surface area is 160 Å². The fourth-order valence-electron chi connectivity index (χ4n) is 3.71. The van der Waals surface area contributed by atoms with Gasteiger partial charge in [0, 0.05) is 29.8 Å². The molecule has 0 aliphatic heterocycles. The van der Waals surface area contributed by atoms with E-state index in [0.29, 0.717) is 5.69 Å². The van der Waals surface area contributed by atoms with Crippen LogP contribution in [0.15, 0.2) is 42.7 Å². The molecule has 1 aromatic carbocycles. The van der Waals surface area contributed by atoms with Gasteiger partial charge in [0.2, 0.25) is 0 Å². The first-order valence-corrected chi connectivity index (χ1v) is 9.62. The number of aromatic nitrogens is 2. The van der Waals surface area contributed by atoms with Crippen molar-refractivity contribution in [3.63, 3.8) is 0 Å². The van der Waals surface area contributed by atoms with Gasteiger partial charge in [0.15, 0.2) is 0 Å². The Morgan fingerprint density at radius 2 is 2.00 bits per heavy atom. The molecule has 0 saturated carbocycles. The summed E-state index contributed by atoms with van der Waals surface area (Å²) in [5.41, 5.74) is 10.9. The zero-order valence-electron chi connectivity index (χ0n) is 16.4. The van der Waals surface area contributed by atoms with Crippen molar-refractivity contribution in [2.75, 3.05) is 4.90 Å². The highest BCUT2D eigenvalue weighted by Gasteiger charge is 2.18. The third kappa shape index (κ3) is 3.82. The van der Waals surface area contributed by atoms with Crippen LogP contribution in [0.3, 0.4) is 0 Å². The number of rotatable bonds is 7. The van der Waals surface area contributed by atoms with Gasteiger partial charge >= 0.3 is 6.03 Å². The van der Waals surface area contributed by atoms with Gasteiger partial charge in [-0.3, -0.25) is 9.88 Å². The van der Waals surface area contributed by atoms with E-state index < -0.39 is 6.03 Å². The molecule has 5 heteroatoms. The number of aryl methyl sites for hydroxylation is 2. The number of hydrogen-bond donors (Lipinski definition) is 1. The Morgan fingerprint density at radius 3 is 2.67 bits per heavy atom. The summed E-state index contributed by atoms with van der Waals surface area (Å²) in [5, 5.41) is 1.19. The number of carbonyl (C=O) groups excluding carboxylic acids is 1. The van der Waals surface area contributed by atoms with Gasteiger partial charge in [-0.1, -0.05) is 26.2 Å². The summed E-state index contributed by atoms with van der Waals surface area (Å²) in [6.45, 7) is 4.40. The minimum atomic E-state index is -0.514. The van der Waals surface area contributed by atoms with Gasteiger partial charge in [-0.2, -0.15) is 0 Å². The second kappa shape index (κ2) is 8.25. The summed E-state index contributed by atoms with van der Waals surface area (Å²) < 4.78 is 2.23. The lowest BCUT2D eigenvalue weighted by Crippen LogP contribution is -2.31. The highest BCUT2D eigenvalue weighted by Crippen LogP contribution is 2.33. The summed E-state index contributed by atoms with van der Waals surface area (Å²) in [4.78, 5) is 17.8. The number of carbonyl (C=O) groups is 1. The van der Waals surface area contributed by atoms with Crippen LogP contribution in [0.5, 0.6) is 0 Å². The van der Waals surface area contributed by atoms with E-state index in [0.717, 1.165) is 12.1 Å². The maximum absolute atomic E-state index is 12.2. The van der Waals surface area contributed by atoms with Crippen molar-refractivity contribution in [2.45, 2.75) is 46.0 Å². The van der Waals surface area contributed by atoms with Gasteiger partial charge in [0.1, 0.15) is 0 Å². The van der Waals surface area contributed by atoms with Crippen molar-refractivity contribution in [3.05, 3.63) is 54.0 Å². The van der Waals surface area contributed by atoms with Crippen molar-refractivity contribution in [3.8, 4) is 0 Å². The second-order valence-corrected chi connectivity index (χ2v) is 7.02. The van der Waals surface area contributed by atoms with Crippen molar-refractivity contribution in [2.24, 2.45) is 12.8 Å². The van der Waals surface area contributed by atoms with Crippen LogP contribution in [0.1, 0.15) is 43.9 Å². The number of primary amides is 1. The molecule has 0 spiro atoms. The molecule has 27 heavy (non-hydrogen) atoms. The molecule has 5 nitrogen and oxygen atoms in total. The van der Waals surface area contributed by atoms with E-state index in [1.54, 1.807) is 18.5 Å². The monoisotopic (exact) mass is 364 g/mol. The lowest BCUT2D eigenvalue weighted by atomic mass is 10.0. The van der Waals surface area contributed by atoms with E-state index in [4.69, 9.17) is 5.73 Å². The Balaban J connectivity index is 2.03.